The first kappa shape index (κ1) is 11.3. The molecule has 3 aliphatic rings. The highest BCUT2D eigenvalue weighted by Gasteiger charge is 2.32. The van der Waals surface area contributed by atoms with Crippen LogP contribution < -0.4 is 0 Å². The number of hydrogen-bond acceptors (Lipinski definition) is 2. The summed E-state index contributed by atoms with van der Waals surface area (Å²) in [6.07, 6.45) is 12.3. The second-order valence-corrected chi connectivity index (χ2v) is 5.80. The molecule has 0 saturated heterocycles. The summed E-state index contributed by atoms with van der Waals surface area (Å²) in [6, 6.07) is 0. The van der Waals surface area contributed by atoms with Gasteiger partial charge in [0, 0.05) is 5.57 Å². The van der Waals surface area contributed by atoms with Crippen LogP contribution in [0.3, 0.4) is 0 Å². The molecule has 0 amide bonds. The first-order chi connectivity index (χ1) is 8.34. The third-order valence-corrected chi connectivity index (χ3v) is 4.70. The summed E-state index contributed by atoms with van der Waals surface area (Å²) in [5, 5.41) is 0. The van der Waals surface area contributed by atoms with Crippen molar-refractivity contribution in [3.63, 3.8) is 0 Å². The highest BCUT2D eigenvalue weighted by atomic mass is 16.5. The minimum absolute atomic E-state index is 0.0186. The number of allylic oxidation sites excluding steroid dienone is 1. The molecule has 0 spiro atoms. The highest BCUT2D eigenvalue weighted by Crippen LogP contribution is 2.42. The molecule has 0 aromatic heterocycles. The fourth-order valence-electron chi connectivity index (χ4n) is 3.58. The van der Waals surface area contributed by atoms with Gasteiger partial charge in [-0.2, -0.15) is 0 Å². The SMILES string of the molecule is O=C(OC1CCCC1)C1=C(C2CCCC2)CC1. The van der Waals surface area contributed by atoms with E-state index in [0.717, 1.165) is 37.2 Å². The van der Waals surface area contributed by atoms with E-state index in [1.807, 2.05) is 0 Å². The molecule has 0 bridgehead atoms. The zero-order valence-electron chi connectivity index (χ0n) is 10.5. The smallest absolute Gasteiger partial charge is 0.334 e. The van der Waals surface area contributed by atoms with E-state index in [4.69, 9.17) is 4.74 Å². The molecule has 0 aromatic carbocycles. The maximum Gasteiger partial charge on any atom is 0.334 e. The lowest BCUT2D eigenvalue weighted by molar-refractivity contribution is -0.144. The van der Waals surface area contributed by atoms with E-state index in [-0.39, 0.29) is 12.1 Å². The van der Waals surface area contributed by atoms with Crippen LogP contribution in [0.1, 0.15) is 64.2 Å². The molecule has 94 valence electrons. The largest absolute Gasteiger partial charge is 0.459 e. The van der Waals surface area contributed by atoms with E-state index in [1.165, 1.54) is 44.1 Å². The Morgan fingerprint density at radius 1 is 0.941 bits per heavy atom. The van der Waals surface area contributed by atoms with Crippen molar-refractivity contribution in [2.45, 2.75) is 70.3 Å². The van der Waals surface area contributed by atoms with Crippen LogP contribution in [0.2, 0.25) is 0 Å². The van der Waals surface area contributed by atoms with Gasteiger partial charge in [0.15, 0.2) is 0 Å². The predicted octanol–water partition coefficient (Wildman–Crippen LogP) is 3.75. The van der Waals surface area contributed by atoms with E-state index < -0.39 is 0 Å². The van der Waals surface area contributed by atoms with Gasteiger partial charge in [0.1, 0.15) is 6.10 Å². The maximum atomic E-state index is 12.1. The quantitative estimate of drug-likeness (QED) is 0.695. The van der Waals surface area contributed by atoms with Crippen LogP contribution in [0, 0.1) is 5.92 Å². The number of ether oxygens (including phenoxy) is 1. The molecule has 2 heteroatoms. The van der Waals surface area contributed by atoms with E-state index in [9.17, 15) is 4.79 Å². The third-order valence-electron chi connectivity index (χ3n) is 4.70. The minimum Gasteiger partial charge on any atom is -0.459 e. The normalized spacial score (nSPS) is 26.4. The molecule has 2 nitrogen and oxygen atoms in total. The summed E-state index contributed by atoms with van der Waals surface area (Å²) in [5.41, 5.74) is 2.49. The van der Waals surface area contributed by atoms with Crippen molar-refractivity contribution in [3.8, 4) is 0 Å². The van der Waals surface area contributed by atoms with Crippen molar-refractivity contribution in [1.82, 2.24) is 0 Å². The van der Waals surface area contributed by atoms with Crippen molar-refractivity contribution in [1.29, 1.82) is 0 Å². The third kappa shape index (κ3) is 2.27. The number of hydrogen-bond donors (Lipinski definition) is 0. The Balaban J connectivity index is 1.62. The Hall–Kier alpha value is -0.790. The van der Waals surface area contributed by atoms with Crippen molar-refractivity contribution in [3.05, 3.63) is 11.1 Å². The first-order valence-electron chi connectivity index (χ1n) is 7.27. The molecule has 3 aliphatic carbocycles. The Labute approximate surface area is 103 Å². The van der Waals surface area contributed by atoms with E-state index in [1.54, 1.807) is 0 Å². The number of carbonyl (C=O) groups excluding carboxylic acids is 1. The van der Waals surface area contributed by atoms with Crippen LogP contribution in [-0.4, -0.2) is 12.1 Å². The van der Waals surface area contributed by atoms with Crippen LogP contribution in [0.5, 0.6) is 0 Å². The summed E-state index contributed by atoms with van der Waals surface area (Å²) in [6.45, 7) is 0. The first-order valence-corrected chi connectivity index (χ1v) is 7.27. The van der Waals surface area contributed by atoms with E-state index in [0.29, 0.717) is 0 Å². The van der Waals surface area contributed by atoms with Gasteiger partial charge >= 0.3 is 5.97 Å². The molecule has 3 rings (SSSR count). The Kier molecular flexibility index (Phi) is 3.21. The Morgan fingerprint density at radius 3 is 2.18 bits per heavy atom. The molecule has 17 heavy (non-hydrogen) atoms. The number of carbonyl (C=O) groups is 1. The zero-order valence-corrected chi connectivity index (χ0v) is 10.5. The summed E-state index contributed by atoms with van der Waals surface area (Å²) in [7, 11) is 0. The fourth-order valence-corrected chi connectivity index (χ4v) is 3.58. The lowest BCUT2D eigenvalue weighted by Gasteiger charge is -2.28. The second kappa shape index (κ2) is 4.83. The molecule has 2 fully saturated rings. The van der Waals surface area contributed by atoms with Gasteiger partial charge in [-0.3, -0.25) is 0 Å². The highest BCUT2D eigenvalue weighted by molar-refractivity contribution is 5.91. The molecular weight excluding hydrogens is 212 g/mol. The number of rotatable bonds is 3. The van der Waals surface area contributed by atoms with Gasteiger partial charge in [-0.25, -0.2) is 4.79 Å². The standard InChI is InChI=1S/C15H22O2/c16-15(17-12-7-3-4-8-12)14-10-9-13(14)11-5-1-2-6-11/h11-12H,1-10H2. The summed E-state index contributed by atoms with van der Waals surface area (Å²) >= 11 is 0. The topological polar surface area (TPSA) is 26.3 Å². The Bertz CT molecular complexity index is 331. The van der Waals surface area contributed by atoms with E-state index >= 15 is 0 Å². The molecule has 0 radical (unpaired) electrons. The van der Waals surface area contributed by atoms with Crippen LogP contribution in [0.4, 0.5) is 0 Å². The van der Waals surface area contributed by atoms with Gasteiger partial charge in [0.05, 0.1) is 0 Å². The Morgan fingerprint density at radius 2 is 1.59 bits per heavy atom. The lowest BCUT2D eigenvalue weighted by atomic mass is 9.79. The van der Waals surface area contributed by atoms with Crippen LogP contribution in [-0.2, 0) is 9.53 Å². The van der Waals surface area contributed by atoms with Crippen molar-refractivity contribution in [2.24, 2.45) is 5.92 Å². The van der Waals surface area contributed by atoms with Crippen molar-refractivity contribution < 1.29 is 9.53 Å². The molecular formula is C15H22O2. The zero-order chi connectivity index (χ0) is 11.7. The second-order valence-electron chi connectivity index (χ2n) is 5.80. The van der Waals surface area contributed by atoms with Crippen LogP contribution in [0.25, 0.3) is 0 Å². The van der Waals surface area contributed by atoms with Gasteiger partial charge in [-0.15, -0.1) is 0 Å². The minimum atomic E-state index is 0.0186. The molecule has 0 aliphatic heterocycles. The molecule has 0 aromatic rings. The lowest BCUT2D eigenvalue weighted by Crippen LogP contribution is -2.23. The van der Waals surface area contributed by atoms with Crippen LogP contribution in [0.15, 0.2) is 11.1 Å². The summed E-state index contributed by atoms with van der Waals surface area (Å²) in [5.74, 6) is 0.736. The molecule has 0 heterocycles. The van der Waals surface area contributed by atoms with Gasteiger partial charge in [0.2, 0.25) is 0 Å². The summed E-state index contributed by atoms with van der Waals surface area (Å²) < 4.78 is 5.61. The van der Waals surface area contributed by atoms with E-state index in [2.05, 4.69) is 0 Å². The van der Waals surface area contributed by atoms with Gasteiger partial charge in [0.25, 0.3) is 0 Å². The van der Waals surface area contributed by atoms with Crippen LogP contribution >= 0.6 is 0 Å². The number of esters is 1. The maximum absolute atomic E-state index is 12.1. The molecule has 2 saturated carbocycles. The van der Waals surface area contributed by atoms with Gasteiger partial charge < -0.3 is 4.74 Å². The fraction of sp³-hybridized carbons (Fsp3) is 0.800. The van der Waals surface area contributed by atoms with Crippen molar-refractivity contribution in [2.75, 3.05) is 0 Å². The predicted molar refractivity (Wildman–Crippen MR) is 66.6 cm³/mol. The van der Waals surface area contributed by atoms with Gasteiger partial charge in [-0.05, 0) is 57.3 Å². The molecule has 0 unspecified atom stereocenters. The monoisotopic (exact) mass is 234 g/mol. The summed E-state index contributed by atoms with van der Waals surface area (Å²) in [4.78, 5) is 12.1. The van der Waals surface area contributed by atoms with Crippen molar-refractivity contribution >= 4 is 5.97 Å². The molecule has 0 atom stereocenters. The average molecular weight is 234 g/mol. The average Bonchev–Trinajstić information content (AvgIpc) is 2.88. The molecule has 0 N–H and O–H groups in total. The van der Waals surface area contributed by atoms with Gasteiger partial charge in [-0.1, -0.05) is 18.4 Å².